The molecule has 5 nitrogen and oxygen atoms in total. The number of benzene rings is 1. The summed E-state index contributed by atoms with van der Waals surface area (Å²) in [6.07, 6.45) is 0.659. The van der Waals surface area contributed by atoms with E-state index in [1.807, 2.05) is 32.0 Å². The van der Waals surface area contributed by atoms with Crippen molar-refractivity contribution in [2.45, 2.75) is 25.2 Å². The van der Waals surface area contributed by atoms with Gasteiger partial charge >= 0.3 is 0 Å². The standard InChI is InChI=1S/C14H21N3O2S/c1-3-14(2,9-15)13(19)17-10-6-4-5-7-11(10)20-8-12(16)18/h4-7H,3,8-9,15H2,1-2H3,(H2,16,18)(H,17,19). The molecule has 6 heteroatoms. The Morgan fingerprint density at radius 3 is 2.55 bits per heavy atom. The summed E-state index contributed by atoms with van der Waals surface area (Å²) in [5.74, 6) is -0.333. The SMILES string of the molecule is CCC(C)(CN)C(=O)Nc1ccccc1SCC(N)=O. The van der Waals surface area contributed by atoms with Crippen molar-refractivity contribution in [3.05, 3.63) is 24.3 Å². The first-order valence-electron chi connectivity index (χ1n) is 6.44. The molecule has 1 rings (SSSR count). The van der Waals surface area contributed by atoms with Gasteiger partial charge in [0.15, 0.2) is 0 Å². The maximum absolute atomic E-state index is 12.3. The molecule has 0 aliphatic heterocycles. The molecule has 0 heterocycles. The summed E-state index contributed by atoms with van der Waals surface area (Å²) in [6.45, 7) is 4.05. The van der Waals surface area contributed by atoms with Gasteiger partial charge in [-0.05, 0) is 25.5 Å². The fourth-order valence-electron chi connectivity index (χ4n) is 1.52. The van der Waals surface area contributed by atoms with E-state index in [-0.39, 0.29) is 18.2 Å². The number of nitrogens with one attached hydrogen (secondary N) is 1. The number of nitrogens with two attached hydrogens (primary N) is 2. The van der Waals surface area contributed by atoms with Crippen LogP contribution in [0.25, 0.3) is 0 Å². The number of amides is 2. The normalized spacial score (nSPS) is 13.6. The third-order valence-corrected chi connectivity index (χ3v) is 4.38. The summed E-state index contributed by atoms with van der Waals surface area (Å²) in [5, 5.41) is 2.88. The third-order valence-electron chi connectivity index (χ3n) is 3.28. The van der Waals surface area contributed by atoms with E-state index in [9.17, 15) is 9.59 Å². The Bertz CT molecular complexity index is 487. The molecular weight excluding hydrogens is 274 g/mol. The molecule has 110 valence electrons. The summed E-state index contributed by atoms with van der Waals surface area (Å²) in [5.41, 5.74) is 10.9. The highest BCUT2D eigenvalue weighted by molar-refractivity contribution is 8.00. The average Bonchev–Trinajstić information content (AvgIpc) is 2.45. The fraction of sp³-hybridized carbons (Fsp3) is 0.429. The number of thioether (sulfide) groups is 1. The van der Waals surface area contributed by atoms with Crippen LogP contribution in [0.5, 0.6) is 0 Å². The lowest BCUT2D eigenvalue weighted by atomic mass is 9.86. The number of carbonyl (C=O) groups is 2. The highest BCUT2D eigenvalue weighted by atomic mass is 32.2. The van der Waals surface area contributed by atoms with Crippen molar-refractivity contribution in [1.82, 2.24) is 0 Å². The fourth-order valence-corrected chi connectivity index (χ4v) is 2.26. The number of hydrogen-bond acceptors (Lipinski definition) is 4. The maximum atomic E-state index is 12.3. The lowest BCUT2D eigenvalue weighted by Gasteiger charge is -2.25. The number of para-hydroxylation sites is 1. The molecule has 1 atom stereocenters. The molecule has 20 heavy (non-hydrogen) atoms. The summed E-state index contributed by atoms with van der Waals surface area (Å²) >= 11 is 1.30. The lowest BCUT2D eigenvalue weighted by molar-refractivity contribution is -0.124. The summed E-state index contributed by atoms with van der Waals surface area (Å²) < 4.78 is 0. The Kier molecular flexibility index (Phi) is 6.04. The van der Waals surface area contributed by atoms with Gasteiger partial charge in [0.25, 0.3) is 0 Å². The first-order chi connectivity index (χ1) is 9.42. The van der Waals surface area contributed by atoms with Crippen LogP contribution in [0.2, 0.25) is 0 Å². The zero-order valence-corrected chi connectivity index (χ0v) is 12.6. The molecule has 2 amide bonds. The molecule has 1 unspecified atom stereocenters. The molecule has 0 saturated heterocycles. The minimum atomic E-state index is -0.596. The Hall–Kier alpha value is -1.53. The lowest BCUT2D eigenvalue weighted by Crippen LogP contribution is -2.39. The van der Waals surface area contributed by atoms with Crippen LogP contribution >= 0.6 is 11.8 Å². The van der Waals surface area contributed by atoms with Gasteiger partial charge in [0.1, 0.15) is 0 Å². The van der Waals surface area contributed by atoms with Crippen LogP contribution in [0.4, 0.5) is 5.69 Å². The quantitative estimate of drug-likeness (QED) is 0.665. The average molecular weight is 295 g/mol. The minimum absolute atomic E-state index is 0.116. The third kappa shape index (κ3) is 4.25. The molecule has 0 spiro atoms. The number of carbonyl (C=O) groups excluding carboxylic acids is 2. The Labute approximate surface area is 123 Å². The van der Waals surface area contributed by atoms with Crippen molar-refractivity contribution < 1.29 is 9.59 Å². The Balaban J connectivity index is 2.87. The summed E-state index contributed by atoms with van der Waals surface area (Å²) in [7, 11) is 0. The van der Waals surface area contributed by atoms with Crippen LogP contribution in [0.15, 0.2) is 29.2 Å². The second kappa shape index (κ2) is 7.31. The molecule has 0 radical (unpaired) electrons. The van der Waals surface area contributed by atoms with Crippen LogP contribution in [0.3, 0.4) is 0 Å². The van der Waals surface area contributed by atoms with E-state index >= 15 is 0 Å². The van der Waals surface area contributed by atoms with Gasteiger partial charge in [-0.15, -0.1) is 11.8 Å². The second-order valence-electron chi connectivity index (χ2n) is 4.82. The van der Waals surface area contributed by atoms with E-state index < -0.39 is 11.3 Å². The van der Waals surface area contributed by atoms with Crippen molar-refractivity contribution in [3.63, 3.8) is 0 Å². The van der Waals surface area contributed by atoms with E-state index in [0.717, 1.165) is 4.90 Å². The van der Waals surface area contributed by atoms with Crippen molar-refractivity contribution in [2.75, 3.05) is 17.6 Å². The highest BCUT2D eigenvalue weighted by Gasteiger charge is 2.30. The van der Waals surface area contributed by atoms with E-state index in [1.165, 1.54) is 11.8 Å². The predicted octanol–water partition coefficient (Wildman–Crippen LogP) is 1.58. The number of anilines is 1. The van der Waals surface area contributed by atoms with E-state index in [0.29, 0.717) is 12.1 Å². The molecule has 5 N–H and O–H groups in total. The molecular formula is C14H21N3O2S. The van der Waals surface area contributed by atoms with Crippen LogP contribution in [0, 0.1) is 5.41 Å². The zero-order valence-electron chi connectivity index (χ0n) is 11.8. The van der Waals surface area contributed by atoms with E-state index in [4.69, 9.17) is 11.5 Å². The topological polar surface area (TPSA) is 98.2 Å². The molecule has 0 aliphatic rings. The molecule has 0 bridgehead atoms. The smallest absolute Gasteiger partial charge is 0.231 e. The highest BCUT2D eigenvalue weighted by Crippen LogP contribution is 2.29. The molecule has 1 aromatic carbocycles. The summed E-state index contributed by atoms with van der Waals surface area (Å²) in [6, 6.07) is 7.32. The molecule has 1 aromatic rings. The first-order valence-corrected chi connectivity index (χ1v) is 7.43. The van der Waals surface area contributed by atoms with Gasteiger partial charge in [0, 0.05) is 11.4 Å². The monoisotopic (exact) mass is 295 g/mol. The molecule has 0 aromatic heterocycles. The maximum Gasteiger partial charge on any atom is 0.231 e. The van der Waals surface area contributed by atoms with Gasteiger partial charge in [-0.1, -0.05) is 19.1 Å². The van der Waals surface area contributed by atoms with Crippen LogP contribution in [-0.2, 0) is 9.59 Å². The van der Waals surface area contributed by atoms with E-state index in [2.05, 4.69) is 5.32 Å². The molecule has 0 aliphatic carbocycles. The van der Waals surface area contributed by atoms with Crippen molar-refractivity contribution in [3.8, 4) is 0 Å². The number of primary amides is 1. The van der Waals surface area contributed by atoms with Gasteiger partial charge in [-0.2, -0.15) is 0 Å². The summed E-state index contributed by atoms with van der Waals surface area (Å²) in [4.78, 5) is 24.0. The second-order valence-corrected chi connectivity index (χ2v) is 5.84. The predicted molar refractivity (Wildman–Crippen MR) is 82.4 cm³/mol. The Morgan fingerprint density at radius 1 is 1.35 bits per heavy atom. The van der Waals surface area contributed by atoms with Crippen LogP contribution in [0.1, 0.15) is 20.3 Å². The number of hydrogen-bond donors (Lipinski definition) is 3. The van der Waals surface area contributed by atoms with Crippen LogP contribution < -0.4 is 16.8 Å². The number of rotatable bonds is 7. The van der Waals surface area contributed by atoms with Gasteiger partial charge in [-0.3, -0.25) is 9.59 Å². The van der Waals surface area contributed by atoms with Gasteiger partial charge in [0.05, 0.1) is 16.9 Å². The van der Waals surface area contributed by atoms with Gasteiger partial charge < -0.3 is 16.8 Å². The van der Waals surface area contributed by atoms with E-state index in [1.54, 1.807) is 6.07 Å². The molecule has 0 fully saturated rings. The largest absolute Gasteiger partial charge is 0.369 e. The molecule has 0 saturated carbocycles. The van der Waals surface area contributed by atoms with Gasteiger partial charge in [-0.25, -0.2) is 0 Å². The minimum Gasteiger partial charge on any atom is -0.369 e. The van der Waals surface area contributed by atoms with Crippen LogP contribution in [-0.4, -0.2) is 24.1 Å². The van der Waals surface area contributed by atoms with Crippen molar-refractivity contribution in [1.29, 1.82) is 0 Å². The van der Waals surface area contributed by atoms with Crippen molar-refractivity contribution >= 4 is 29.3 Å². The van der Waals surface area contributed by atoms with Crippen molar-refractivity contribution in [2.24, 2.45) is 16.9 Å². The van der Waals surface area contributed by atoms with Gasteiger partial charge in [0.2, 0.25) is 11.8 Å². The first kappa shape index (κ1) is 16.5. The Morgan fingerprint density at radius 2 is 2.00 bits per heavy atom. The zero-order chi connectivity index (χ0) is 15.2.